The van der Waals surface area contributed by atoms with Crippen LogP contribution in [0.25, 0.3) is 22.0 Å². The molecule has 1 fully saturated rings. The molecule has 0 saturated heterocycles. The lowest BCUT2D eigenvalue weighted by Gasteiger charge is -2.43. The molecule has 0 bridgehead atoms. The van der Waals surface area contributed by atoms with Gasteiger partial charge in [-0.3, -0.25) is 14.5 Å². The average Bonchev–Trinajstić information content (AvgIpc) is 3.22. The van der Waals surface area contributed by atoms with Crippen molar-refractivity contribution >= 4 is 38.4 Å². The minimum Gasteiger partial charge on any atom is -0.490 e. The first-order valence-electron chi connectivity index (χ1n) is 15.1. The number of rotatable bonds is 11. The number of carbonyl (C=O) groups excluding carboxylic acids is 1. The number of pyridine rings is 2. The minimum atomic E-state index is -3.93. The van der Waals surface area contributed by atoms with Crippen LogP contribution in [0.3, 0.4) is 0 Å². The first kappa shape index (κ1) is 31.6. The number of amides is 1. The van der Waals surface area contributed by atoms with E-state index in [1.165, 1.54) is 32.4 Å². The lowest BCUT2D eigenvalue weighted by Crippen LogP contribution is -2.53. The summed E-state index contributed by atoms with van der Waals surface area (Å²) in [6.07, 6.45) is 3.84. The molecule has 0 atom stereocenters. The molecule has 2 aromatic heterocycles. The number of likely N-dealkylation sites (N-methyl/N-ethyl adjacent to an activating group) is 1. The van der Waals surface area contributed by atoms with Crippen molar-refractivity contribution in [3.63, 3.8) is 0 Å². The molecule has 2 aromatic carbocycles. The molecule has 1 saturated carbocycles. The van der Waals surface area contributed by atoms with E-state index in [0.29, 0.717) is 41.5 Å². The first-order chi connectivity index (χ1) is 21.9. The van der Waals surface area contributed by atoms with E-state index in [1.54, 1.807) is 24.2 Å². The second-order valence-electron chi connectivity index (χ2n) is 12.2. The standard InChI is InChI=1S/C33H37FN6O5S/c1-20(2)35-11-12-44-31-28(38-46(42,43)39(3)4)13-21(18-37-31)24-14-25-27(15-26(24)34)36-19-29-30(25)33(32(41)40(29)5)16-23(17-33)45-22-9-7-6-8-10-22/h6-10,13-15,18-20,23,35,38H,11-12,16-17H2,1-5H3/t23-,33-. The van der Waals surface area contributed by atoms with Crippen molar-refractivity contribution < 1.29 is 27.1 Å². The topological polar surface area (TPSA) is 126 Å². The summed E-state index contributed by atoms with van der Waals surface area (Å²) < 4.78 is 56.9. The Bertz CT molecular complexity index is 1900. The van der Waals surface area contributed by atoms with Gasteiger partial charge in [-0.25, -0.2) is 9.37 Å². The van der Waals surface area contributed by atoms with Gasteiger partial charge in [0.15, 0.2) is 0 Å². The number of halogens is 1. The Hall–Kier alpha value is -4.33. The third-order valence-electron chi connectivity index (χ3n) is 8.46. The number of anilines is 2. The molecule has 1 amide bonds. The molecule has 2 N–H and O–H groups in total. The van der Waals surface area contributed by atoms with Gasteiger partial charge in [-0.1, -0.05) is 32.0 Å². The van der Waals surface area contributed by atoms with Crippen LogP contribution >= 0.6 is 0 Å². The summed E-state index contributed by atoms with van der Waals surface area (Å²) in [5.41, 5.74) is 1.62. The van der Waals surface area contributed by atoms with Crippen molar-refractivity contribution in [3.05, 3.63) is 72.3 Å². The quantitative estimate of drug-likeness (QED) is 0.228. The van der Waals surface area contributed by atoms with Crippen molar-refractivity contribution in [1.29, 1.82) is 0 Å². The van der Waals surface area contributed by atoms with E-state index in [0.717, 1.165) is 15.6 Å². The molecule has 0 radical (unpaired) electrons. The molecule has 11 nitrogen and oxygen atoms in total. The summed E-state index contributed by atoms with van der Waals surface area (Å²) in [5.74, 6) is 0.186. The fraction of sp³-hybridized carbons (Fsp3) is 0.364. The molecule has 3 heterocycles. The third kappa shape index (κ3) is 5.74. The number of nitrogens with one attached hydrogen (secondary N) is 2. The van der Waals surface area contributed by atoms with Crippen molar-refractivity contribution in [2.75, 3.05) is 43.9 Å². The maximum Gasteiger partial charge on any atom is 0.301 e. The van der Waals surface area contributed by atoms with Crippen molar-refractivity contribution in [1.82, 2.24) is 19.6 Å². The predicted octanol–water partition coefficient (Wildman–Crippen LogP) is 4.49. The number of hydrogen-bond acceptors (Lipinski definition) is 8. The number of fused-ring (bicyclic) bond motifs is 4. The van der Waals surface area contributed by atoms with Gasteiger partial charge in [-0.15, -0.1) is 0 Å². The van der Waals surface area contributed by atoms with E-state index in [1.807, 2.05) is 44.2 Å². The molecular weight excluding hydrogens is 611 g/mol. The highest BCUT2D eigenvalue weighted by atomic mass is 32.2. The maximum atomic E-state index is 15.8. The van der Waals surface area contributed by atoms with Gasteiger partial charge in [0, 0.05) is 80.9 Å². The number of hydrogen-bond donors (Lipinski definition) is 2. The van der Waals surface area contributed by atoms with Gasteiger partial charge in [0.05, 0.1) is 22.8 Å². The largest absolute Gasteiger partial charge is 0.490 e. The summed E-state index contributed by atoms with van der Waals surface area (Å²) in [4.78, 5) is 24.2. The van der Waals surface area contributed by atoms with Crippen molar-refractivity contribution in [2.45, 2.75) is 44.2 Å². The van der Waals surface area contributed by atoms with Gasteiger partial charge in [0.1, 0.15) is 30.0 Å². The monoisotopic (exact) mass is 648 g/mol. The summed E-state index contributed by atoms with van der Waals surface area (Å²) in [7, 11) is 0.584. The summed E-state index contributed by atoms with van der Waals surface area (Å²) in [5, 5.41) is 3.87. The number of carbonyl (C=O) groups is 1. The van der Waals surface area contributed by atoms with E-state index in [4.69, 9.17) is 9.47 Å². The summed E-state index contributed by atoms with van der Waals surface area (Å²) in [6, 6.07) is 14.2. The van der Waals surface area contributed by atoms with Gasteiger partial charge in [0.2, 0.25) is 11.8 Å². The van der Waals surface area contributed by atoms with Gasteiger partial charge in [-0.05, 0) is 24.3 Å². The van der Waals surface area contributed by atoms with Crippen LogP contribution in [0, 0.1) is 5.82 Å². The van der Waals surface area contributed by atoms with E-state index in [2.05, 4.69) is 20.0 Å². The molecule has 2 aliphatic rings. The van der Waals surface area contributed by atoms with Gasteiger partial charge in [0.25, 0.3) is 0 Å². The highest BCUT2D eigenvalue weighted by molar-refractivity contribution is 7.90. The number of benzene rings is 2. The summed E-state index contributed by atoms with van der Waals surface area (Å²) in [6.45, 7) is 4.76. The molecule has 4 aromatic rings. The zero-order valence-electron chi connectivity index (χ0n) is 26.4. The predicted molar refractivity (Wildman–Crippen MR) is 175 cm³/mol. The molecule has 0 unspecified atom stereocenters. The molecule has 1 spiro atoms. The minimum absolute atomic E-state index is 0.0499. The van der Waals surface area contributed by atoms with Crippen LogP contribution in [-0.2, 0) is 20.4 Å². The SMILES string of the molecule is CC(C)NCCOc1ncc(-c2cc3c(cc2F)ncc2c3[C@]3(C[C@@H](Oc4ccccc4)C3)C(=O)N2C)cc1NS(=O)(=O)N(C)C. The number of para-hydroxylation sites is 1. The van der Waals surface area contributed by atoms with Crippen LogP contribution < -0.4 is 24.4 Å². The second-order valence-corrected chi connectivity index (χ2v) is 14.1. The fourth-order valence-electron chi connectivity index (χ4n) is 6.10. The Morgan fingerprint density at radius 3 is 2.54 bits per heavy atom. The van der Waals surface area contributed by atoms with E-state index < -0.39 is 21.4 Å². The lowest BCUT2D eigenvalue weighted by atomic mass is 9.62. The third-order valence-corrected chi connectivity index (χ3v) is 9.90. The Kier molecular flexibility index (Phi) is 8.34. The number of ether oxygens (including phenoxy) is 2. The molecule has 46 heavy (non-hydrogen) atoms. The van der Waals surface area contributed by atoms with Crippen molar-refractivity contribution in [3.8, 4) is 22.8 Å². The lowest BCUT2D eigenvalue weighted by molar-refractivity contribution is -0.129. The number of aromatic nitrogens is 2. The zero-order valence-corrected chi connectivity index (χ0v) is 27.2. The second kappa shape index (κ2) is 12.1. The molecule has 13 heteroatoms. The smallest absolute Gasteiger partial charge is 0.301 e. The van der Waals surface area contributed by atoms with Gasteiger partial charge >= 0.3 is 10.2 Å². The Balaban J connectivity index is 1.39. The zero-order chi connectivity index (χ0) is 32.8. The normalized spacial score (nSPS) is 19.2. The molecule has 242 valence electrons. The van der Waals surface area contributed by atoms with Crippen LogP contribution in [0.4, 0.5) is 15.8 Å². The Labute approximate surface area is 267 Å². The van der Waals surface area contributed by atoms with Crippen LogP contribution in [0.1, 0.15) is 32.3 Å². The molecular formula is C33H37FN6O5S. The number of nitrogens with zero attached hydrogens (tertiary/aromatic N) is 4. The average molecular weight is 649 g/mol. The van der Waals surface area contributed by atoms with Gasteiger partial charge in [-0.2, -0.15) is 12.7 Å². The van der Waals surface area contributed by atoms with E-state index in [9.17, 15) is 13.2 Å². The highest BCUT2D eigenvalue weighted by Gasteiger charge is 2.59. The summed E-state index contributed by atoms with van der Waals surface area (Å²) >= 11 is 0. The Morgan fingerprint density at radius 1 is 1.11 bits per heavy atom. The van der Waals surface area contributed by atoms with Crippen LogP contribution in [0.2, 0.25) is 0 Å². The van der Waals surface area contributed by atoms with E-state index >= 15 is 4.39 Å². The first-order valence-corrected chi connectivity index (χ1v) is 16.5. The van der Waals surface area contributed by atoms with Crippen molar-refractivity contribution in [2.24, 2.45) is 0 Å². The van der Waals surface area contributed by atoms with Crippen LogP contribution in [0.15, 0.2) is 60.9 Å². The fourth-order valence-corrected chi connectivity index (χ4v) is 6.71. The Morgan fingerprint density at radius 2 is 1.85 bits per heavy atom. The van der Waals surface area contributed by atoms with E-state index in [-0.39, 0.29) is 41.8 Å². The molecule has 6 rings (SSSR count). The maximum absolute atomic E-state index is 15.8. The van der Waals surface area contributed by atoms with Crippen LogP contribution in [-0.4, -0.2) is 75.0 Å². The van der Waals surface area contributed by atoms with Crippen LogP contribution in [0.5, 0.6) is 11.6 Å². The highest BCUT2D eigenvalue weighted by Crippen LogP contribution is 2.56. The van der Waals surface area contributed by atoms with Gasteiger partial charge < -0.3 is 19.7 Å². The molecule has 1 aliphatic heterocycles. The molecule has 1 aliphatic carbocycles.